The van der Waals surface area contributed by atoms with Crippen LogP contribution in [0.25, 0.3) is 10.2 Å². The zero-order chi connectivity index (χ0) is 15.7. The Morgan fingerprint density at radius 2 is 2.27 bits per heavy atom. The highest BCUT2D eigenvalue weighted by atomic mass is 32.2. The lowest BCUT2D eigenvalue weighted by atomic mass is 10.1. The number of hydrogen-bond donors (Lipinski definition) is 0. The van der Waals surface area contributed by atoms with Crippen LogP contribution in [0.2, 0.25) is 0 Å². The van der Waals surface area contributed by atoms with Crippen molar-refractivity contribution in [2.24, 2.45) is 0 Å². The molecule has 5 nitrogen and oxygen atoms in total. The molecule has 1 unspecified atom stereocenters. The summed E-state index contributed by atoms with van der Waals surface area (Å²) in [5.41, 5.74) is 3.24. The normalized spacial score (nSPS) is 20.3. The molecule has 0 saturated carbocycles. The Morgan fingerprint density at radius 3 is 2.95 bits per heavy atom. The van der Waals surface area contributed by atoms with Gasteiger partial charge in [-0.2, -0.15) is 0 Å². The van der Waals surface area contributed by atoms with Gasteiger partial charge in [0.25, 0.3) is 5.91 Å². The van der Waals surface area contributed by atoms with E-state index in [9.17, 15) is 13.2 Å². The predicted molar refractivity (Wildman–Crippen MR) is 88.0 cm³/mol. The Balaban J connectivity index is 1.88. The molecule has 1 aliphatic heterocycles. The molecule has 0 radical (unpaired) electrons. The van der Waals surface area contributed by atoms with Crippen molar-refractivity contribution in [2.75, 3.05) is 18.1 Å². The SMILES string of the molecule is CCCN(C(=O)c1ccc2ncsc2c1)C1CCS(=O)(=O)C1. The van der Waals surface area contributed by atoms with E-state index in [0.29, 0.717) is 18.5 Å². The molecular weight excluding hydrogens is 320 g/mol. The zero-order valence-corrected chi connectivity index (χ0v) is 14.0. The Hall–Kier alpha value is -1.47. The number of aromatic nitrogens is 1. The number of carbonyl (C=O) groups excluding carboxylic acids is 1. The average Bonchev–Trinajstić information content (AvgIpc) is 3.09. The predicted octanol–water partition coefficient (Wildman–Crippen LogP) is 2.34. The summed E-state index contributed by atoms with van der Waals surface area (Å²) in [6.45, 7) is 2.58. The number of thiazole rings is 1. The molecule has 1 aromatic carbocycles. The highest BCUT2D eigenvalue weighted by molar-refractivity contribution is 7.91. The number of hydrogen-bond acceptors (Lipinski definition) is 5. The molecule has 7 heteroatoms. The van der Waals surface area contributed by atoms with Crippen LogP contribution in [0.4, 0.5) is 0 Å². The van der Waals surface area contributed by atoms with E-state index in [1.807, 2.05) is 19.1 Å². The Morgan fingerprint density at radius 1 is 1.45 bits per heavy atom. The second kappa shape index (κ2) is 5.96. The molecule has 2 aromatic rings. The smallest absolute Gasteiger partial charge is 0.254 e. The first-order chi connectivity index (χ1) is 10.5. The molecule has 1 amide bonds. The molecule has 1 aliphatic rings. The summed E-state index contributed by atoms with van der Waals surface area (Å²) in [4.78, 5) is 18.8. The van der Waals surface area contributed by atoms with Crippen molar-refractivity contribution in [1.29, 1.82) is 0 Å². The maximum absolute atomic E-state index is 12.8. The van der Waals surface area contributed by atoms with Crippen molar-refractivity contribution in [3.8, 4) is 0 Å². The van der Waals surface area contributed by atoms with Crippen LogP contribution in [0.1, 0.15) is 30.1 Å². The maximum Gasteiger partial charge on any atom is 0.254 e. The third-order valence-corrected chi connectivity index (χ3v) is 6.49. The fourth-order valence-electron chi connectivity index (χ4n) is 2.87. The number of sulfone groups is 1. The molecule has 1 saturated heterocycles. The second-order valence-corrected chi connectivity index (χ2v) is 8.71. The maximum atomic E-state index is 12.8. The molecule has 1 aromatic heterocycles. The Labute approximate surface area is 133 Å². The quantitative estimate of drug-likeness (QED) is 0.858. The lowest BCUT2D eigenvalue weighted by molar-refractivity contribution is 0.0697. The first-order valence-corrected chi connectivity index (χ1v) is 10.0. The van der Waals surface area contributed by atoms with Gasteiger partial charge >= 0.3 is 0 Å². The summed E-state index contributed by atoms with van der Waals surface area (Å²) >= 11 is 1.50. The molecule has 0 N–H and O–H groups in total. The van der Waals surface area contributed by atoms with E-state index in [2.05, 4.69) is 4.98 Å². The number of benzene rings is 1. The molecule has 3 rings (SSSR count). The minimum Gasteiger partial charge on any atom is -0.335 e. The molecule has 1 atom stereocenters. The Kier molecular flexibility index (Phi) is 4.18. The summed E-state index contributed by atoms with van der Waals surface area (Å²) in [7, 11) is -3.00. The molecule has 0 spiro atoms. The minimum absolute atomic E-state index is 0.0840. The molecular formula is C15H18N2O3S2. The summed E-state index contributed by atoms with van der Waals surface area (Å²) in [6, 6.07) is 5.27. The van der Waals surface area contributed by atoms with E-state index < -0.39 is 9.84 Å². The van der Waals surface area contributed by atoms with Crippen molar-refractivity contribution in [3.05, 3.63) is 29.3 Å². The van der Waals surface area contributed by atoms with Crippen LogP contribution in [-0.4, -0.2) is 48.3 Å². The summed E-state index contributed by atoms with van der Waals surface area (Å²) in [5, 5.41) is 0. The average molecular weight is 338 g/mol. The molecule has 0 bridgehead atoms. The standard InChI is InChI=1S/C15H18N2O3S2/c1-2-6-17(12-5-7-22(19,20)9-12)15(18)11-3-4-13-14(8-11)21-10-16-13/h3-4,8,10,12H,2,5-7,9H2,1H3. The van der Waals surface area contributed by atoms with E-state index in [-0.39, 0.29) is 23.5 Å². The number of carbonyl (C=O) groups is 1. The lowest BCUT2D eigenvalue weighted by Gasteiger charge is -2.28. The monoisotopic (exact) mass is 338 g/mol. The van der Waals surface area contributed by atoms with Gasteiger partial charge in [0.2, 0.25) is 0 Å². The van der Waals surface area contributed by atoms with E-state index in [1.54, 1.807) is 16.5 Å². The molecule has 22 heavy (non-hydrogen) atoms. The van der Waals surface area contributed by atoms with E-state index >= 15 is 0 Å². The van der Waals surface area contributed by atoms with Gasteiger partial charge in [-0.15, -0.1) is 11.3 Å². The molecule has 0 aliphatic carbocycles. The van der Waals surface area contributed by atoms with E-state index in [0.717, 1.165) is 16.6 Å². The fraction of sp³-hybridized carbons (Fsp3) is 0.467. The van der Waals surface area contributed by atoms with E-state index in [4.69, 9.17) is 0 Å². The highest BCUT2D eigenvalue weighted by Crippen LogP contribution is 2.23. The zero-order valence-electron chi connectivity index (χ0n) is 12.4. The third kappa shape index (κ3) is 3.01. The van der Waals surface area contributed by atoms with Gasteiger partial charge in [0, 0.05) is 18.2 Å². The van der Waals surface area contributed by atoms with Gasteiger partial charge in [0.15, 0.2) is 9.84 Å². The van der Waals surface area contributed by atoms with Gasteiger partial charge in [0.05, 0.1) is 27.2 Å². The van der Waals surface area contributed by atoms with Gasteiger partial charge in [-0.1, -0.05) is 6.92 Å². The summed E-state index contributed by atoms with van der Waals surface area (Å²) in [5.74, 6) is 0.180. The first-order valence-electron chi connectivity index (χ1n) is 7.35. The lowest BCUT2D eigenvalue weighted by Crippen LogP contribution is -2.41. The van der Waals surface area contributed by atoms with Crippen LogP contribution in [0.3, 0.4) is 0 Å². The van der Waals surface area contributed by atoms with Crippen molar-refractivity contribution >= 4 is 37.3 Å². The van der Waals surface area contributed by atoms with Gasteiger partial charge in [0.1, 0.15) is 0 Å². The topological polar surface area (TPSA) is 67.3 Å². The minimum atomic E-state index is -3.00. The second-order valence-electron chi connectivity index (χ2n) is 5.59. The molecule has 2 heterocycles. The van der Waals surface area contributed by atoms with Crippen molar-refractivity contribution in [3.63, 3.8) is 0 Å². The number of nitrogens with zero attached hydrogens (tertiary/aromatic N) is 2. The molecule has 1 fully saturated rings. The highest BCUT2D eigenvalue weighted by Gasteiger charge is 2.34. The number of amides is 1. The third-order valence-electron chi connectivity index (χ3n) is 3.95. The van der Waals surface area contributed by atoms with Crippen molar-refractivity contribution < 1.29 is 13.2 Å². The van der Waals surface area contributed by atoms with Gasteiger partial charge < -0.3 is 4.90 Å². The van der Waals surface area contributed by atoms with Crippen molar-refractivity contribution in [2.45, 2.75) is 25.8 Å². The van der Waals surface area contributed by atoms with Gasteiger partial charge in [-0.3, -0.25) is 4.79 Å². The van der Waals surface area contributed by atoms with Gasteiger partial charge in [-0.05, 0) is 31.0 Å². The number of fused-ring (bicyclic) bond motifs is 1. The molecule has 118 valence electrons. The number of rotatable bonds is 4. The summed E-state index contributed by atoms with van der Waals surface area (Å²) in [6.07, 6.45) is 1.35. The van der Waals surface area contributed by atoms with Crippen LogP contribution in [0.15, 0.2) is 23.7 Å². The van der Waals surface area contributed by atoms with Crippen LogP contribution in [0, 0.1) is 0 Å². The Bertz CT molecular complexity index is 798. The summed E-state index contributed by atoms with van der Waals surface area (Å²) < 4.78 is 24.4. The van der Waals surface area contributed by atoms with Crippen LogP contribution in [0.5, 0.6) is 0 Å². The van der Waals surface area contributed by atoms with E-state index in [1.165, 1.54) is 11.3 Å². The van der Waals surface area contributed by atoms with Crippen molar-refractivity contribution in [1.82, 2.24) is 9.88 Å². The van der Waals surface area contributed by atoms with Gasteiger partial charge in [-0.25, -0.2) is 13.4 Å². The first kappa shape index (κ1) is 15.4. The van der Waals surface area contributed by atoms with Crippen LogP contribution >= 0.6 is 11.3 Å². The fourth-order valence-corrected chi connectivity index (χ4v) is 5.31. The van der Waals surface area contributed by atoms with Crippen LogP contribution < -0.4 is 0 Å². The van der Waals surface area contributed by atoms with Crippen LogP contribution in [-0.2, 0) is 9.84 Å². The largest absolute Gasteiger partial charge is 0.335 e.